The van der Waals surface area contributed by atoms with Crippen LogP contribution in [0.5, 0.6) is 11.5 Å². The minimum atomic E-state index is -1.29. The Morgan fingerprint density at radius 2 is 1.13 bits per heavy atom. The van der Waals surface area contributed by atoms with Crippen molar-refractivity contribution in [2.75, 3.05) is 11.5 Å². The fraction of sp³-hybridized carbons (Fsp3) is 0.562. The predicted molar refractivity (Wildman–Crippen MR) is 160 cm³/mol. The van der Waals surface area contributed by atoms with Gasteiger partial charge in [0.05, 0.1) is 11.8 Å². The van der Waals surface area contributed by atoms with Crippen molar-refractivity contribution in [3.8, 4) is 11.5 Å². The van der Waals surface area contributed by atoms with E-state index in [4.69, 9.17) is 5.11 Å². The lowest BCUT2D eigenvalue weighted by Gasteiger charge is -2.34. The summed E-state index contributed by atoms with van der Waals surface area (Å²) in [5.74, 6) is -1.06. The van der Waals surface area contributed by atoms with Gasteiger partial charge in [-0.3, -0.25) is 9.59 Å². The van der Waals surface area contributed by atoms with Crippen LogP contribution >= 0.6 is 11.8 Å². The number of thioether (sulfide) groups is 1. The molecule has 0 saturated heterocycles. The summed E-state index contributed by atoms with van der Waals surface area (Å²) >= 11 is 1.32. The number of rotatable bonds is 10. The standard InChI is InChI=1S/C32H46O6S/c1-18-13-24(30(5,6)7)27(35)20(3)22(18)15-32(29(37)38,17-39-12-11-26(33)34)16-23-19(2)14-25(31(8,9)10)28(36)21(23)4/h13-14,35-36H,11-12,15-17H2,1-10H3,(H,33,34)(H,37,38). The number of phenolic OH excluding ortho intramolecular Hbond substituents is 2. The van der Waals surface area contributed by atoms with Gasteiger partial charge in [-0.15, -0.1) is 0 Å². The van der Waals surface area contributed by atoms with E-state index in [0.29, 0.717) is 16.9 Å². The van der Waals surface area contributed by atoms with Crippen molar-refractivity contribution >= 4 is 23.7 Å². The number of carboxylic acid groups (broad SMARTS) is 2. The van der Waals surface area contributed by atoms with Crippen molar-refractivity contribution in [2.45, 2.75) is 99.3 Å². The fourth-order valence-corrected chi connectivity index (χ4v) is 6.38. The van der Waals surface area contributed by atoms with Crippen LogP contribution in [-0.2, 0) is 33.3 Å². The van der Waals surface area contributed by atoms with Gasteiger partial charge in [0.2, 0.25) is 0 Å². The van der Waals surface area contributed by atoms with Gasteiger partial charge in [0.1, 0.15) is 11.5 Å². The molecular formula is C32H46O6S. The first-order valence-electron chi connectivity index (χ1n) is 13.4. The van der Waals surface area contributed by atoms with E-state index in [0.717, 1.165) is 33.4 Å². The van der Waals surface area contributed by atoms with Crippen LogP contribution in [0.3, 0.4) is 0 Å². The number of carbonyl (C=O) groups is 2. The van der Waals surface area contributed by atoms with Gasteiger partial charge in [-0.2, -0.15) is 11.8 Å². The number of aliphatic carboxylic acids is 2. The summed E-state index contributed by atoms with van der Waals surface area (Å²) in [6.07, 6.45) is 0.274. The van der Waals surface area contributed by atoms with Crippen molar-refractivity contribution < 1.29 is 30.0 Å². The van der Waals surface area contributed by atoms with Gasteiger partial charge >= 0.3 is 11.9 Å². The van der Waals surface area contributed by atoms with Gasteiger partial charge in [0.15, 0.2) is 0 Å². The first kappa shape index (κ1) is 32.5. The zero-order valence-corrected chi connectivity index (χ0v) is 26.0. The molecule has 0 heterocycles. The average molecular weight is 559 g/mol. The molecule has 0 saturated carbocycles. The molecule has 0 aliphatic heterocycles. The largest absolute Gasteiger partial charge is 0.507 e. The first-order valence-corrected chi connectivity index (χ1v) is 14.6. The second-order valence-corrected chi connectivity index (χ2v) is 14.1. The molecule has 0 amide bonds. The van der Waals surface area contributed by atoms with Crippen LogP contribution < -0.4 is 0 Å². The van der Waals surface area contributed by atoms with E-state index in [9.17, 15) is 24.9 Å². The predicted octanol–water partition coefficient (Wildman–Crippen LogP) is 6.99. The Balaban J connectivity index is 2.72. The lowest BCUT2D eigenvalue weighted by Crippen LogP contribution is -2.39. The van der Waals surface area contributed by atoms with E-state index in [-0.39, 0.29) is 47.3 Å². The third kappa shape index (κ3) is 7.30. The third-order valence-electron chi connectivity index (χ3n) is 7.74. The molecule has 0 fully saturated rings. The lowest BCUT2D eigenvalue weighted by molar-refractivity contribution is -0.147. The molecule has 0 atom stereocenters. The molecule has 2 aromatic rings. The molecule has 0 bridgehead atoms. The molecule has 4 N–H and O–H groups in total. The van der Waals surface area contributed by atoms with Gasteiger partial charge in [-0.05, 0) is 95.9 Å². The average Bonchev–Trinajstić information content (AvgIpc) is 2.79. The van der Waals surface area contributed by atoms with Gasteiger partial charge in [-0.1, -0.05) is 53.7 Å². The van der Waals surface area contributed by atoms with Crippen LogP contribution in [0.15, 0.2) is 12.1 Å². The number of aromatic hydroxyl groups is 2. The van der Waals surface area contributed by atoms with Crippen molar-refractivity contribution in [1.29, 1.82) is 0 Å². The number of hydrogen-bond acceptors (Lipinski definition) is 5. The molecule has 0 aromatic heterocycles. The van der Waals surface area contributed by atoms with Crippen molar-refractivity contribution in [2.24, 2.45) is 5.41 Å². The van der Waals surface area contributed by atoms with Gasteiger partial charge in [-0.25, -0.2) is 0 Å². The number of phenols is 2. The van der Waals surface area contributed by atoms with Crippen LogP contribution in [0, 0.1) is 33.1 Å². The Hall–Kier alpha value is -2.67. The van der Waals surface area contributed by atoms with Crippen LogP contribution in [0.25, 0.3) is 0 Å². The maximum absolute atomic E-state index is 13.2. The summed E-state index contributed by atoms with van der Waals surface area (Å²) in [7, 11) is 0. The van der Waals surface area contributed by atoms with E-state index < -0.39 is 17.4 Å². The van der Waals surface area contributed by atoms with Gasteiger partial charge in [0.25, 0.3) is 0 Å². The summed E-state index contributed by atoms with van der Waals surface area (Å²) < 4.78 is 0. The molecule has 39 heavy (non-hydrogen) atoms. The molecule has 6 nitrogen and oxygen atoms in total. The second kappa shape index (κ2) is 11.8. The number of carboxylic acids is 2. The molecule has 0 unspecified atom stereocenters. The lowest BCUT2D eigenvalue weighted by atomic mass is 9.73. The number of benzene rings is 2. The van der Waals surface area contributed by atoms with E-state index in [2.05, 4.69) is 0 Å². The summed E-state index contributed by atoms with van der Waals surface area (Å²) in [6, 6.07) is 3.89. The number of aryl methyl sites for hydroxylation is 2. The Bertz CT molecular complexity index is 1170. The van der Waals surface area contributed by atoms with Gasteiger partial charge in [0, 0.05) is 11.5 Å². The Labute approximate surface area is 237 Å². The maximum atomic E-state index is 13.2. The molecule has 0 spiro atoms. The Morgan fingerprint density at radius 1 is 0.744 bits per heavy atom. The van der Waals surface area contributed by atoms with Crippen LogP contribution in [0.1, 0.15) is 92.5 Å². The minimum absolute atomic E-state index is 0.0569. The van der Waals surface area contributed by atoms with E-state index in [1.165, 1.54) is 11.8 Å². The monoisotopic (exact) mass is 558 g/mol. The Kier molecular flexibility index (Phi) is 9.87. The molecule has 0 radical (unpaired) electrons. The van der Waals surface area contributed by atoms with Crippen molar-refractivity contribution in [3.63, 3.8) is 0 Å². The first-order chi connectivity index (χ1) is 17.7. The fourth-order valence-electron chi connectivity index (χ4n) is 5.19. The highest BCUT2D eigenvalue weighted by Gasteiger charge is 2.41. The zero-order valence-electron chi connectivity index (χ0n) is 25.2. The smallest absolute Gasteiger partial charge is 0.311 e. The van der Waals surface area contributed by atoms with E-state index in [1.54, 1.807) is 0 Å². The molecule has 2 aromatic carbocycles. The molecular weight excluding hydrogens is 512 g/mol. The maximum Gasteiger partial charge on any atom is 0.311 e. The quantitative estimate of drug-likeness (QED) is 0.232. The van der Waals surface area contributed by atoms with Crippen molar-refractivity contribution in [3.05, 3.63) is 56.6 Å². The van der Waals surface area contributed by atoms with Crippen LogP contribution in [-0.4, -0.2) is 43.9 Å². The molecule has 0 aliphatic rings. The van der Waals surface area contributed by atoms with E-state index >= 15 is 0 Å². The highest BCUT2D eigenvalue weighted by Crippen LogP contribution is 2.43. The highest BCUT2D eigenvalue weighted by atomic mass is 32.2. The SMILES string of the molecule is Cc1cc(C(C)(C)C)c(O)c(C)c1CC(CSCCC(=O)O)(Cc1c(C)cc(C(C)(C)C)c(O)c1C)C(=O)O. The molecule has 0 aliphatic carbocycles. The Morgan fingerprint density at radius 3 is 1.44 bits per heavy atom. The second-order valence-electron chi connectivity index (χ2n) is 13.0. The summed E-state index contributed by atoms with van der Waals surface area (Å²) in [5, 5.41) is 42.1. The molecule has 7 heteroatoms. The van der Waals surface area contributed by atoms with Crippen molar-refractivity contribution in [1.82, 2.24) is 0 Å². The van der Waals surface area contributed by atoms with Crippen LogP contribution in [0.4, 0.5) is 0 Å². The van der Waals surface area contributed by atoms with E-state index in [1.807, 2.05) is 81.4 Å². The van der Waals surface area contributed by atoms with Crippen LogP contribution in [0.2, 0.25) is 0 Å². The summed E-state index contributed by atoms with van der Waals surface area (Å²) in [6.45, 7) is 19.7. The summed E-state index contributed by atoms with van der Waals surface area (Å²) in [5.41, 5.74) is 4.50. The topological polar surface area (TPSA) is 115 Å². The summed E-state index contributed by atoms with van der Waals surface area (Å²) in [4.78, 5) is 24.3. The third-order valence-corrected chi connectivity index (χ3v) is 8.99. The highest BCUT2D eigenvalue weighted by molar-refractivity contribution is 7.99. The normalized spacial score (nSPS) is 12.6. The minimum Gasteiger partial charge on any atom is -0.507 e. The van der Waals surface area contributed by atoms with Gasteiger partial charge < -0.3 is 20.4 Å². The zero-order chi connectivity index (χ0) is 30.1. The number of hydrogen-bond donors (Lipinski definition) is 4. The molecule has 2 rings (SSSR count). The molecule has 216 valence electrons.